The summed E-state index contributed by atoms with van der Waals surface area (Å²) in [5, 5.41) is 11.1. The molecule has 0 aliphatic carbocycles. The lowest BCUT2D eigenvalue weighted by Crippen LogP contribution is -2.30. The number of rotatable bonds is 7. The number of anilines is 1. The second kappa shape index (κ2) is 10.1. The van der Waals surface area contributed by atoms with Gasteiger partial charge in [0.1, 0.15) is 0 Å². The molecule has 0 saturated heterocycles. The Bertz CT molecular complexity index is 1440. The monoisotopic (exact) mass is 527 g/mol. The number of para-hydroxylation sites is 1. The number of alkyl halides is 3. The van der Waals surface area contributed by atoms with E-state index in [9.17, 15) is 22.8 Å². The molecule has 12 heteroatoms. The summed E-state index contributed by atoms with van der Waals surface area (Å²) in [5.41, 5.74) is 1.25. The first-order chi connectivity index (χ1) is 17.8. The highest BCUT2D eigenvalue weighted by molar-refractivity contribution is 7.99. The predicted octanol–water partition coefficient (Wildman–Crippen LogP) is 4.49. The molecular weight excluding hydrogens is 507 g/mol. The smallest absolute Gasteiger partial charge is 0.416 e. The van der Waals surface area contributed by atoms with Crippen LogP contribution in [0.2, 0.25) is 0 Å². The van der Waals surface area contributed by atoms with Gasteiger partial charge in [-0.2, -0.15) is 13.2 Å². The van der Waals surface area contributed by atoms with Gasteiger partial charge in [-0.3, -0.25) is 14.2 Å². The van der Waals surface area contributed by atoms with Crippen LogP contribution in [0.3, 0.4) is 0 Å². The molecule has 2 aromatic heterocycles. The first-order valence-electron chi connectivity index (χ1n) is 11.3. The van der Waals surface area contributed by atoms with E-state index in [4.69, 9.17) is 4.42 Å². The Morgan fingerprint density at radius 2 is 1.89 bits per heavy atom. The zero-order valence-corrected chi connectivity index (χ0v) is 20.1. The van der Waals surface area contributed by atoms with Gasteiger partial charge in [0.25, 0.3) is 5.91 Å². The lowest BCUT2D eigenvalue weighted by atomic mass is 10.2. The SMILES string of the molecule is O=C(NCc1nnc(SCC(=O)N2CCc3ccccc32)n1-c1cccc(C(F)(F)F)c1)c1ccco1. The molecule has 1 aliphatic rings. The van der Waals surface area contributed by atoms with Crippen molar-refractivity contribution in [1.82, 2.24) is 20.1 Å². The summed E-state index contributed by atoms with van der Waals surface area (Å²) in [5.74, 6) is -0.386. The number of hydrogen-bond donors (Lipinski definition) is 1. The van der Waals surface area contributed by atoms with Crippen molar-refractivity contribution in [2.24, 2.45) is 0 Å². The maximum atomic E-state index is 13.4. The van der Waals surface area contributed by atoms with Crippen LogP contribution >= 0.6 is 11.8 Å². The summed E-state index contributed by atoms with van der Waals surface area (Å²) >= 11 is 1.06. The van der Waals surface area contributed by atoms with Crippen LogP contribution in [0, 0.1) is 0 Å². The summed E-state index contributed by atoms with van der Waals surface area (Å²) in [6.45, 7) is 0.430. The summed E-state index contributed by atoms with van der Waals surface area (Å²) in [7, 11) is 0. The van der Waals surface area contributed by atoms with Crippen LogP contribution in [0.15, 0.2) is 76.5 Å². The molecule has 0 radical (unpaired) electrons. The molecule has 2 amide bonds. The molecule has 1 N–H and O–H groups in total. The third-order valence-corrected chi connectivity index (χ3v) is 6.71. The van der Waals surface area contributed by atoms with E-state index in [1.54, 1.807) is 11.0 Å². The van der Waals surface area contributed by atoms with Crippen LogP contribution in [0.25, 0.3) is 5.69 Å². The number of thioether (sulfide) groups is 1. The third kappa shape index (κ3) is 5.24. The molecular formula is C25H20F3N5O3S. The normalized spacial score (nSPS) is 13.0. The Balaban J connectivity index is 1.40. The van der Waals surface area contributed by atoms with Gasteiger partial charge in [0.05, 0.1) is 29.8 Å². The van der Waals surface area contributed by atoms with E-state index in [1.165, 1.54) is 29.0 Å². The molecule has 0 atom stereocenters. The quantitative estimate of drug-likeness (QED) is 0.356. The Labute approximate surface area is 213 Å². The number of carbonyl (C=O) groups excluding carboxylic acids is 2. The van der Waals surface area contributed by atoms with Crippen LogP contribution in [0.1, 0.15) is 27.5 Å². The Kier molecular flexibility index (Phi) is 6.74. The van der Waals surface area contributed by atoms with Crippen LogP contribution in [-0.2, 0) is 23.9 Å². The minimum absolute atomic E-state index is 0.00415. The largest absolute Gasteiger partial charge is 0.459 e. The van der Waals surface area contributed by atoms with Gasteiger partial charge in [-0.05, 0) is 48.4 Å². The van der Waals surface area contributed by atoms with E-state index >= 15 is 0 Å². The Morgan fingerprint density at radius 3 is 2.68 bits per heavy atom. The van der Waals surface area contributed by atoms with Crippen molar-refractivity contribution in [3.8, 4) is 5.69 Å². The van der Waals surface area contributed by atoms with Crippen molar-refractivity contribution in [1.29, 1.82) is 0 Å². The number of amides is 2. The van der Waals surface area contributed by atoms with E-state index in [0.29, 0.717) is 6.54 Å². The number of furan rings is 1. The first kappa shape index (κ1) is 24.6. The van der Waals surface area contributed by atoms with Crippen LogP contribution < -0.4 is 10.2 Å². The molecule has 0 spiro atoms. The van der Waals surface area contributed by atoms with Crippen molar-refractivity contribution in [2.75, 3.05) is 17.2 Å². The maximum Gasteiger partial charge on any atom is 0.416 e. The van der Waals surface area contributed by atoms with Gasteiger partial charge in [0.2, 0.25) is 5.91 Å². The highest BCUT2D eigenvalue weighted by Crippen LogP contribution is 2.32. The summed E-state index contributed by atoms with van der Waals surface area (Å²) in [6.07, 6.45) is -2.44. The number of hydrogen-bond acceptors (Lipinski definition) is 6. The van der Waals surface area contributed by atoms with Gasteiger partial charge in [0.15, 0.2) is 16.7 Å². The molecule has 0 fully saturated rings. The van der Waals surface area contributed by atoms with Gasteiger partial charge in [-0.25, -0.2) is 0 Å². The van der Waals surface area contributed by atoms with E-state index in [-0.39, 0.29) is 40.6 Å². The molecule has 1 aliphatic heterocycles. The van der Waals surface area contributed by atoms with Gasteiger partial charge in [-0.15, -0.1) is 10.2 Å². The average Bonchev–Trinajstić information content (AvgIpc) is 3.65. The van der Waals surface area contributed by atoms with Crippen molar-refractivity contribution < 1.29 is 27.2 Å². The lowest BCUT2D eigenvalue weighted by molar-refractivity contribution is -0.137. The third-order valence-electron chi connectivity index (χ3n) is 5.80. The van der Waals surface area contributed by atoms with Crippen molar-refractivity contribution >= 4 is 29.3 Å². The zero-order valence-electron chi connectivity index (χ0n) is 19.2. The number of nitrogens with zero attached hydrogens (tertiary/aromatic N) is 4. The summed E-state index contributed by atoms with van der Waals surface area (Å²) in [6, 6.07) is 15.4. The summed E-state index contributed by atoms with van der Waals surface area (Å²) < 4.78 is 46.7. The predicted molar refractivity (Wildman–Crippen MR) is 129 cm³/mol. The van der Waals surface area contributed by atoms with Gasteiger partial charge in [-0.1, -0.05) is 36.0 Å². The lowest BCUT2D eigenvalue weighted by Gasteiger charge is -2.17. The molecule has 3 heterocycles. The number of nitrogens with one attached hydrogen (secondary N) is 1. The Morgan fingerprint density at radius 1 is 1.05 bits per heavy atom. The molecule has 8 nitrogen and oxygen atoms in total. The van der Waals surface area contributed by atoms with Crippen LogP contribution in [0.5, 0.6) is 0 Å². The maximum absolute atomic E-state index is 13.4. The van der Waals surface area contributed by atoms with E-state index in [2.05, 4.69) is 15.5 Å². The van der Waals surface area contributed by atoms with Crippen LogP contribution in [-0.4, -0.2) is 38.9 Å². The first-order valence-corrected chi connectivity index (χ1v) is 12.2. The molecule has 0 bridgehead atoms. The molecule has 0 unspecified atom stereocenters. The molecule has 2 aromatic carbocycles. The highest BCUT2D eigenvalue weighted by atomic mass is 32.2. The molecule has 190 valence electrons. The van der Waals surface area contributed by atoms with Gasteiger partial charge >= 0.3 is 6.18 Å². The fourth-order valence-electron chi connectivity index (χ4n) is 4.04. The number of aromatic nitrogens is 3. The average molecular weight is 528 g/mol. The number of halogens is 3. The van der Waals surface area contributed by atoms with Crippen molar-refractivity contribution in [2.45, 2.75) is 24.3 Å². The van der Waals surface area contributed by atoms with E-state index in [0.717, 1.165) is 41.6 Å². The van der Waals surface area contributed by atoms with Crippen molar-refractivity contribution in [3.05, 3.63) is 89.6 Å². The topological polar surface area (TPSA) is 93.3 Å². The molecule has 37 heavy (non-hydrogen) atoms. The standard InChI is InChI=1S/C25H20F3N5O3S/c26-25(27,28)17-6-3-7-18(13-17)33-21(14-29-23(35)20-9-4-12-36-20)30-31-24(33)37-15-22(34)32-11-10-16-5-1-2-8-19(16)32/h1-9,12-13H,10-11,14-15H2,(H,29,35). The molecule has 4 aromatic rings. The zero-order chi connectivity index (χ0) is 26.0. The molecule has 0 saturated carbocycles. The number of fused-ring (bicyclic) bond motifs is 1. The fraction of sp³-hybridized carbons (Fsp3) is 0.200. The fourth-order valence-corrected chi connectivity index (χ4v) is 4.89. The number of benzene rings is 2. The van der Waals surface area contributed by atoms with Crippen LogP contribution in [0.4, 0.5) is 18.9 Å². The molecule has 5 rings (SSSR count). The van der Waals surface area contributed by atoms with E-state index < -0.39 is 17.6 Å². The van der Waals surface area contributed by atoms with Crippen molar-refractivity contribution in [3.63, 3.8) is 0 Å². The highest BCUT2D eigenvalue weighted by Gasteiger charge is 2.31. The van der Waals surface area contributed by atoms with Gasteiger partial charge in [0, 0.05) is 12.2 Å². The summed E-state index contributed by atoms with van der Waals surface area (Å²) in [4.78, 5) is 27.0. The minimum Gasteiger partial charge on any atom is -0.459 e. The minimum atomic E-state index is -4.55. The van der Waals surface area contributed by atoms with E-state index in [1.807, 2.05) is 24.3 Å². The Hall–Kier alpha value is -4.06. The van der Waals surface area contributed by atoms with Gasteiger partial charge < -0.3 is 14.6 Å². The second-order valence-corrected chi connectivity index (χ2v) is 9.10. The second-order valence-electron chi connectivity index (χ2n) is 8.16. The number of carbonyl (C=O) groups is 2.